The van der Waals surface area contributed by atoms with E-state index < -0.39 is 0 Å². The first-order chi connectivity index (χ1) is 9.28. The van der Waals surface area contributed by atoms with Crippen LogP contribution in [0.3, 0.4) is 0 Å². The fourth-order valence-corrected chi connectivity index (χ4v) is 1.49. The van der Waals surface area contributed by atoms with Crippen LogP contribution in [-0.4, -0.2) is 33.1 Å². The molecule has 1 amide bonds. The van der Waals surface area contributed by atoms with Gasteiger partial charge in [-0.2, -0.15) is 5.21 Å². The Kier molecular flexibility index (Phi) is 4.44. The summed E-state index contributed by atoms with van der Waals surface area (Å²) in [5.41, 5.74) is 1.17. The quantitative estimate of drug-likeness (QED) is 0.788. The molecule has 0 bridgehead atoms. The van der Waals surface area contributed by atoms with Gasteiger partial charge in [0.15, 0.2) is 12.4 Å². The zero-order chi connectivity index (χ0) is 13.5. The van der Waals surface area contributed by atoms with Gasteiger partial charge in [0.05, 0.1) is 6.54 Å². The van der Waals surface area contributed by atoms with Crippen LogP contribution < -0.4 is 10.1 Å². The Balaban J connectivity index is 1.76. The number of ether oxygens (including phenoxy) is 1. The molecule has 0 spiro atoms. The largest absolute Gasteiger partial charge is 0.484 e. The van der Waals surface area contributed by atoms with Crippen molar-refractivity contribution in [1.29, 1.82) is 0 Å². The van der Waals surface area contributed by atoms with E-state index in [1.165, 1.54) is 5.56 Å². The third kappa shape index (κ3) is 4.06. The van der Waals surface area contributed by atoms with Crippen LogP contribution in [0.15, 0.2) is 24.3 Å². The van der Waals surface area contributed by atoms with E-state index >= 15 is 0 Å². The summed E-state index contributed by atoms with van der Waals surface area (Å²) in [5.74, 6) is 0.891. The van der Waals surface area contributed by atoms with Crippen molar-refractivity contribution in [3.63, 3.8) is 0 Å². The van der Waals surface area contributed by atoms with E-state index in [-0.39, 0.29) is 19.1 Å². The molecule has 2 rings (SSSR count). The van der Waals surface area contributed by atoms with Gasteiger partial charge in [-0.3, -0.25) is 4.79 Å². The van der Waals surface area contributed by atoms with Crippen LogP contribution in [0.2, 0.25) is 0 Å². The number of aromatic nitrogens is 4. The number of carbonyl (C=O) groups is 1. The van der Waals surface area contributed by atoms with Crippen molar-refractivity contribution in [2.45, 2.75) is 19.9 Å². The molecule has 0 fully saturated rings. The SMILES string of the molecule is CCc1cccc(OCC(=O)NCc2nn[nH]n2)c1. The summed E-state index contributed by atoms with van der Waals surface area (Å²) in [6.07, 6.45) is 0.932. The lowest BCUT2D eigenvalue weighted by atomic mass is 10.2. The molecule has 7 heteroatoms. The topological polar surface area (TPSA) is 92.8 Å². The molecule has 1 heterocycles. The summed E-state index contributed by atoms with van der Waals surface area (Å²) in [5, 5.41) is 15.8. The van der Waals surface area contributed by atoms with Gasteiger partial charge in [-0.15, -0.1) is 10.2 Å². The van der Waals surface area contributed by atoms with Crippen LogP contribution >= 0.6 is 0 Å². The number of benzene rings is 1. The van der Waals surface area contributed by atoms with E-state index in [2.05, 4.69) is 32.9 Å². The van der Waals surface area contributed by atoms with Crippen LogP contribution in [0, 0.1) is 0 Å². The highest BCUT2D eigenvalue weighted by molar-refractivity contribution is 5.77. The summed E-state index contributed by atoms with van der Waals surface area (Å²) in [7, 11) is 0. The smallest absolute Gasteiger partial charge is 0.258 e. The van der Waals surface area contributed by atoms with Crippen molar-refractivity contribution in [3.05, 3.63) is 35.7 Å². The predicted octanol–water partition coefficient (Wildman–Crippen LogP) is 0.457. The number of aryl methyl sites for hydroxylation is 1. The van der Waals surface area contributed by atoms with E-state index in [1.54, 1.807) is 0 Å². The lowest BCUT2D eigenvalue weighted by Gasteiger charge is -2.07. The van der Waals surface area contributed by atoms with Crippen LogP contribution in [0.25, 0.3) is 0 Å². The van der Waals surface area contributed by atoms with Crippen LogP contribution in [0.4, 0.5) is 0 Å². The minimum atomic E-state index is -0.230. The molecular formula is C12H15N5O2. The van der Waals surface area contributed by atoms with Crippen LogP contribution in [-0.2, 0) is 17.8 Å². The molecule has 0 unspecified atom stereocenters. The molecule has 0 aliphatic rings. The van der Waals surface area contributed by atoms with E-state index in [9.17, 15) is 4.79 Å². The number of amides is 1. The second-order valence-corrected chi connectivity index (χ2v) is 3.89. The van der Waals surface area contributed by atoms with Crippen molar-refractivity contribution < 1.29 is 9.53 Å². The molecule has 7 nitrogen and oxygen atoms in total. The molecule has 2 aromatic rings. The molecule has 0 saturated heterocycles. The van der Waals surface area contributed by atoms with Crippen LogP contribution in [0.5, 0.6) is 5.75 Å². The zero-order valence-electron chi connectivity index (χ0n) is 10.6. The maximum atomic E-state index is 11.5. The highest BCUT2D eigenvalue weighted by Crippen LogP contribution is 2.13. The second kappa shape index (κ2) is 6.48. The van der Waals surface area contributed by atoms with Gasteiger partial charge in [-0.1, -0.05) is 24.3 Å². The third-order valence-corrected chi connectivity index (χ3v) is 2.51. The third-order valence-electron chi connectivity index (χ3n) is 2.51. The Hall–Kier alpha value is -2.44. The molecule has 0 saturated carbocycles. The lowest BCUT2D eigenvalue weighted by Crippen LogP contribution is -2.28. The number of carbonyl (C=O) groups excluding carboxylic acids is 1. The van der Waals surface area contributed by atoms with Crippen molar-refractivity contribution in [2.75, 3.05) is 6.61 Å². The van der Waals surface area contributed by atoms with E-state index in [0.29, 0.717) is 11.6 Å². The number of nitrogens with zero attached hydrogens (tertiary/aromatic N) is 3. The second-order valence-electron chi connectivity index (χ2n) is 3.89. The van der Waals surface area contributed by atoms with Crippen molar-refractivity contribution in [1.82, 2.24) is 25.9 Å². The average molecular weight is 261 g/mol. The van der Waals surface area contributed by atoms with Gasteiger partial charge in [0.25, 0.3) is 5.91 Å². The summed E-state index contributed by atoms with van der Waals surface area (Å²) in [4.78, 5) is 11.5. The molecule has 0 aliphatic carbocycles. The first-order valence-electron chi connectivity index (χ1n) is 5.98. The molecule has 100 valence electrons. The molecular weight excluding hydrogens is 246 g/mol. The number of aromatic amines is 1. The maximum Gasteiger partial charge on any atom is 0.258 e. The number of tetrazole rings is 1. The highest BCUT2D eigenvalue weighted by Gasteiger charge is 2.05. The Labute approximate surface area is 110 Å². The van der Waals surface area contributed by atoms with E-state index in [0.717, 1.165) is 6.42 Å². The maximum absolute atomic E-state index is 11.5. The van der Waals surface area contributed by atoms with Gasteiger partial charge in [0.2, 0.25) is 0 Å². The molecule has 0 aliphatic heterocycles. The number of nitrogens with one attached hydrogen (secondary N) is 2. The monoisotopic (exact) mass is 261 g/mol. The van der Waals surface area contributed by atoms with Gasteiger partial charge in [-0.25, -0.2) is 0 Å². The van der Waals surface area contributed by atoms with Gasteiger partial charge < -0.3 is 10.1 Å². The first kappa shape index (κ1) is 13.0. The van der Waals surface area contributed by atoms with Crippen molar-refractivity contribution >= 4 is 5.91 Å². The minimum absolute atomic E-state index is 0.0367. The van der Waals surface area contributed by atoms with Gasteiger partial charge in [-0.05, 0) is 24.1 Å². The standard InChI is InChI=1S/C12H15N5O2/c1-2-9-4-3-5-10(6-9)19-8-12(18)13-7-11-14-16-17-15-11/h3-6H,2,7-8H2,1H3,(H,13,18)(H,14,15,16,17). The molecule has 19 heavy (non-hydrogen) atoms. The fourth-order valence-electron chi connectivity index (χ4n) is 1.49. The Morgan fingerprint density at radius 1 is 1.47 bits per heavy atom. The summed E-state index contributed by atoms with van der Waals surface area (Å²) < 4.78 is 5.40. The van der Waals surface area contributed by atoms with Gasteiger partial charge >= 0.3 is 0 Å². The van der Waals surface area contributed by atoms with Gasteiger partial charge in [0, 0.05) is 0 Å². The number of hydrogen-bond acceptors (Lipinski definition) is 5. The van der Waals surface area contributed by atoms with Crippen molar-refractivity contribution in [3.8, 4) is 5.75 Å². The number of rotatable bonds is 6. The fraction of sp³-hybridized carbons (Fsp3) is 0.333. The van der Waals surface area contributed by atoms with Crippen molar-refractivity contribution in [2.24, 2.45) is 0 Å². The minimum Gasteiger partial charge on any atom is -0.484 e. The van der Waals surface area contributed by atoms with Crippen LogP contribution in [0.1, 0.15) is 18.3 Å². The van der Waals surface area contributed by atoms with E-state index in [1.807, 2.05) is 24.3 Å². The predicted molar refractivity (Wildman–Crippen MR) is 67.3 cm³/mol. The molecule has 0 atom stereocenters. The van der Waals surface area contributed by atoms with E-state index in [4.69, 9.17) is 4.74 Å². The Morgan fingerprint density at radius 2 is 2.37 bits per heavy atom. The molecule has 1 aromatic carbocycles. The normalized spacial score (nSPS) is 10.2. The summed E-state index contributed by atoms with van der Waals surface area (Å²) >= 11 is 0. The highest BCUT2D eigenvalue weighted by atomic mass is 16.5. The Morgan fingerprint density at radius 3 is 3.11 bits per heavy atom. The molecule has 1 aromatic heterocycles. The Bertz CT molecular complexity index is 527. The van der Waals surface area contributed by atoms with Gasteiger partial charge in [0.1, 0.15) is 5.75 Å². The summed E-state index contributed by atoms with van der Waals surface area (Å²) in [6, 6.07) is 7.67. The molecule has 0 radical (unpaired) electrons. The summed E-state index contributed by atoms with van der Waals surface area (Å²) in [6.45, 7) is 2.26. The molecule has 2 N–H and O–H groups in total. The lowest BCUT2D eigenvalue weighted by molar-refractivity contribution is -0.123. The number of H-pyrrole nitrogens is 1. The number of hydrogen-bond donors (Lipinski definition) is 2. The average Bonchev–Trinajstić information content (AvgIpc) is 2.96. The zero-order valence-corrected chi connectivity index (χ0v) is 10.6. The first-order valence-corrected chi connectivity index (χ1v) is 5.98.